The normalized spacial score (nSPS) is 16.3. The molecule has 1 saturated heterocycles. The van der Waals surface area contributed by atoms with E-state index in [9.17, 15) is 0 Å². The fourth-order valence-electron chi connectivity index (χ4n) is 3.36. The molecule has 10 heteroatoms. The minimum absolute atomic E-state index is 0. The third-order valence-electron chi connectivity index (χ3n) is 4.96. The molecule has 2 aromatic rings. The topological polar surface area (TPSA) is 96.9 Å². The standard InChI is InChI=1S/C21H32N6O3.HI/c1-4-22-21(27-10-9-16(14-27)15-30-12-11-28-2)23-13-19-24-20(26-25-19)17-5-7-18(29-3)8-6-17;/h5-8,16H,4,9-15H2,1-3H3,(H,22,23)(H,24,25,26);1H. The van der Waals surface area contributed by atoms with Crippen LogP contribution in [0, 0.1) is 5.92 Å². The van der Waals surface area contributed by atoms with Gasteiger partial charge >= 0.3 is 0 Å². The molecule has 9 nitrogen and oxygen atoms in total. The van der Waals surface area contributed by atoms with E-state index in [0.29, 0.717) is 31.5 Å². The molecule has 172 valence electrons. The monoisotopic (exact) mass is 544 g/mol. The Bertz CT molecular complexity index is 799. The van der Waals surface area contributed by atoms with Gasteiger partial charge in [-0.3, -0.25) is 5.10 Å². The molecule has 0 radical (unpaired) electrons. The van der Waals surface area contributed by atoms with Crippen LogP contribution >= 0.6 is 24.0 Å². The first kappa shape index (κ1) is 25.3. The molecule has 3 rings (SSSR count). The summed E-state index contributed by atoms with van der Waals surface area (Å²) in [6.45, 7) is 7.28. The molecule has 1 unspecified atom stereocenters. The molecule has 31 heavy (non-hydrogen) atoms. The van der Waals surface area contributed by atoms with E-state index in [4.69, 9.17) is 19.2 Å². The Balaban J connectivity index is 0.00000341. The summed E-state index contributed by atoms with van der Waals surface area (Å²) < 4.78 is 15.9. The van der Waals surface area contributed by atoms with Crippen molar-refractivity contribution >= 4 is 29.9 Å². The Labute approximate surface area is 201 Å². The Morgan fingerprint density at radius 1 is 1.26 bits per heavy atom. The predicted octanol–water partition coefficient (Wildman–Crippen LogP) is 2.55. The molecule has 1 aromatic carbocycles. The number of ether oxygens (including phenoxy) is 3. The molecular weight excluding hydrogens is 511 g/mol. The lowest BCUT2D eigenvalue weighted by atomic mass is 10.1. The van der Waals surface area contributed by atoms with E-state index >= 15 is 0 Å². The molecule has 0 saturated carbocycles. The van der Waals surface area contributed by atoms with Crippen molar-refractivity contribution in [3.8, 4) is 17.1 Å². The van der Waals surface area contributed by atoms with Gasteiger partial charge in [0.15, 0.2) is 11.8 Å². The van der Waals surface area contributed by atoms with Gasteiger partial charge in [-0.05, 0) is 37.6 Å². The van der Waals surface area contributed by atoms with E-state index in [1.165, 1.54) is 0 Å². The van der Waals surface area contributed by atoms with Gasteiger partial charge in [-0.1, -0.05) is 0 Å². The number of nitrogens with zero attached hydrogens (tertiary/aromatic N) is 4. The lowest BCUT2D eigenvalue weighted by Gasteiger charge is -2.21. The number of rotatable bonds is 10. The molecule has 1 atom stereocenters. The predicted molar refractivity (Wildman–Crippen MR) is 131 cm³/mol. The van der Waals surface area contributed by atoms with Crippen molar-refractivity contribution in [2.75, 3.05) is 53.7 Å². The second kappa shape index (κ2) is 13.5. The third-order valence-corrected chi connectivity index (χ3v) is 4.96. The summed E-state index contributed by atoms with van der Waals surface area (Å²) in [5, 5.41) is 10.7. The molecule has 1 aliphatic rings. The van der Waals surface area contributed by atoms with Crippen LogP contribution in [-0.4, -0.2) is 79.7 Å². The van der Waals surface area contributed by atoms with Crippen molar-refractivity contribution in [3.63, 3.8) is 0 Å². The molecule has 1 aliphatic heterocycles. The summed E-state index contributed by atoms with van der Waals surface area (Å²) in [6.07, 6.45) is 1.10. The van der Waals surface area contributed by atoms with Crippen LogP contribution in [0.3, 0.4) is 0 Å². The highest BCUT2D eigenvalue weighted by molar-refractivity contribution is 14.0. The Morgan fingerprint density at radius 2 is 2.06 bits per heavy atom. The minimum Gasteiger partial charge on any atom is -0.497 e. The van der Waals surface area contributed by atoms with Crippen LogP contribution in [0.1, 0.15) is 19.2 Å². The van der Waals surface area contributed by atoms with Crippen LogP contribution in [0.5, 0.6) is 5.75 Å². The average Bonchev–Trinajstić information content (AvgIpc) is 3.44. The van der Waals surface area contributed by atoms with Crippen LogP contribution in [0.25, 0.3) is 11.4 Å². The molecule has 0 amide bonds. The van der Waals surface area contributed by atoms with Crippen molar-refractivity contribution in [3.05, 3.63) is 30.1 Å². The number of benzene rings is 1. The zero-order valence-electron chi connectivity index (χ0n) is 18.5. The summed E-state index contributed by atoms with van der Waals surface area (Å²) in [4.78, 5) is 11.6. The SMILES string of the molecule is CCNC(=NCc1nc(-c2ccc(OC)cc2)n[nH]1)N1CCC(COCCOC)C1.I. The highest BCUT2D eigenvalue weighted by atomic mass is 127. The largest absolute Gasteiger partial charge is 0.497 e. The third kappa shape index (κ3) is 7.62. The van der Waals surface area contributed by atoms with Crippen molar-refractivity contribution in [1.29, 1.82) is 0 Å². The molecule has 0 spiro atoms. The van der Waals surface area contributed by atoms with Crippen LogP contribution in [0.4, 0.5) is 0 Å². The van der Waals surface area contributed by atoms with E-state index in [1.54, 1.807) is 14.2 Å². The maximum Gasteiger partial charge on any atom is 0.194 e. The van der Waals surface area contributed by atoms with Gasteiger partial charge in [0.25, 0.3) is 0 Å². The minimum atomic E-state index is 0. The number of aromatic nitrogens is 3. The van der Waals surface area contributed by atoms with Crippen LogP contribution in [-0.2, 0) is 16.0 Å². The van der Waals surface area contributed by atoms with Gasteiger partial charge in [0.2, 0.25) is 0 Å². The zero-order chi connectivity index (χ0) is 21.2. The maximum atomic E-state index is 5.69. The van der Waals surface area contributed by atoms with Crippen molar-refractivity contribution in [1.82, 2.24) is 25.4 Å². The summed E-state index contributed by atoms with van der Waals surface area (Å²) >= 11 is 0. The number of aromatic amines is 1. The summed E-state index contributed by atoms with van der Waals surface area (Å²) in [5.41, 5.74) is 0.935. The van der Waals surface area contributed by atoms with Gasteiger partial charge in [0, 0.05) is 38.2 Å². The zero-order valence-corrected chi connectivity index (χ0v) is 20.8. The summed E-state index contributed by atoms with van der Waals surface area (Å²) in [5.74, 6) is 3.61. The maximum absolute atomic E-state index is 5.69. The number of nitrogens with one attached hydrogen (secondary N) is 2. The second-order valence-electron chi connectivity index (χ2n) is 7.17. The second-order valence-corrected chi connectivity index (χ2v) is 7.17. The highest BCUT2D eigenvalue weighted by Crippen LogP contribution is 2.19. The smallest absolute Gasteiger partial charge is 0.194 e. The van der Waals surface area contributed by atoms with Crippen molar-refractivity contribution in [2.45, 2.75) is 19.9 Å². The van der Waals surface area contributed by atoms with Crippen LogP contribution < -0.4 is 10.1 Å². The van der Waals surface area contributed by atoms with Gasteiger partial charge in [0.1, 0.15) is 18.1 Å². The van der Waals surface area contributed by atoms with Crippen LogP contribution in [0.2, 0.25) is 0 Å². The number of likely N-dealkylation sites (tertiary alicyclic amines) is 1. The number of hydrogen-bond donors (Lipinski definition) is 2. The highest BCUT2D eigenvalue weighted by Gasteiger charge is 2.25. The molecular formula is C21H33IN6O3. The van der Waals surface area contributed by atoms with Gasteiger partial charge in [0.05, 0.1) is 26.9 Å². The van der Waals surface area contributed by atoms with Crippen molar-refractivity contribution in [2.24, 2.45) is 10.9 Å². The van der Waals surface area contributed by atoms with Crippen molar-refractivity contribution < 1.29 is 14.2 Å². The Hall–Kier alpha value is -1.92. The fraction of sp³-hybridized carbons (Fsp3) is 0.571. The Morgan fingerprint density at radius 3 is 2.77 bits per heavy atom. The number of aliphatic imine (C=N–C) groups is 1. The first-order valence-corrected chi connectivity index (χ1v) is 10.4. The van der Waals surface area contributed by atoms with E-state index in [-0.39, 0.29) is 24.0 Å². The van der Waals surface area contributed by atoms with E-state index in [2.05, 4.69) is 32.3 Å². The number of guanidine groups is 1. The summed E-state index contributed by atoms with van der Waals surface area (Å²) in [6, 6.07) is 7.68. The van der Waals surface area contributed by atoms with Gasteiger partial charge < -0.3 is 24.4 Å². The molecule has 1 aromatic heterocycles. The molecule has 1 fully saturated rings. The fourth-order valence-corrected chi connectivity index (χ4v) is 3.36. The summed E-state index contributed by atoms with van der Waals surface area (Å²) in [7, 11) is 3.34. The molecule has 2 N–H and O–H groups in total. The lowest BCUT2D eigenvalue weighted by molar-refractivity contribution is 0.0536. The quantitative estimate of drug-likeness (QED) is 0.206. The number of halogens is 1. The first-order valence-electron chi connectivity index (χ1n) is 10.4. The molecule has 0 aliphatic carbocycles. The number of hydrogen-bond acceptors (Lipinski definition) is 6. The Kier molecular flexibility index (Phi) is 11.0. The molecule has 2 heterocycles. The van der Waals surface area contributed by atoms with Gasteiger partial charge in [-0.25, -0.2) is 9.98 Å². The first-order chi connectivity index (χ1) is 14.7. The van der Waals surface area contributed by atoms with E-state index in [0.717, 1.165) is 55.8 Å². The van der Waals surface area contributed by atoms with E-state index < -0.39 is 0 Å². The van der Waals surface area contributed by atoms with E-state index in [1.807, 2.05) is 24.3 Å². The molecule has 0 bridgehead atoms. The lowest BCUT2D eigenvalue weighted by Crippen LogP contribution is -2.40. The number of H-pyrrole nitrogens is 1. The average molecular weight is 544 g/mol. The van der Waals surface area contributed by atoms with Crippen LogP contribution in [0.15, 0.2) is 29.3 Å². The van der Waals surface area contributed by atoms with Gasteiger partial charge in [-0.15, -0.1) is 24.0 Å². The van der Waals surface area contributed by atoms with Gasteiger partial charge in [-0.2, -0.15) is 5.10 Å². The number of methoxy groups -OCH3 is 2.